The molecular formula is C17H28ClN3O3S. The molecule has 6 nitrogen and oxygen atoms in total. The Morgan fingerprint density at radius 2 is 1.72 bits per heavy atom. The summed E-state index contributed by atoms with van der Waals surface area (Å²) in [7, 11) is -3.37. The first kappa shape index (κ1) is 21.9. The van der Waals surface area contributed by atoms with E-state index in [1.807, 2.05) is 37.3 Å². The average molecular weight is 390 g/mol. The van der Waals surface area contributed by atoms with Crippen molar-refractivity contribution < 1.29 is 13.2 Å². The smallest absolute Gasteiger partial charge is 0.242 e. The maximum Gasteiger partial charge on any atom is 0.242 e. The van der Waals surface area contributed by atoms with Crippen LogP contribution in [0.3, 0.4) is 0 Å². The van der Waals surface area contributed by atoms with Gasteiger partial charge in [0.25, 0.3) is 0 Å². The summed E-state index contributed by atoms with van der Waals surface area (Å²) in [5.74, 6) is -0.101. The molecule has 142 valence electrons. The zero-order valence-corrected chi connectivity index (χ0v) is 16.5. The summed E-state index contributed by atoms with van der Waals surface area (Å²) < 4.78 is 26.5. The fourth-order valence-corrected chi connectivity index (χ4v) is 4.55. The van der Waals surface area contributed by atoms with E-state index in [2.05, 4.69) is 0 Å². The molecule has 1 unspecified atom stereocenters. The largest absolute Gasteiger partial charge is 0.338 e. The number of benzene rings is 1. The Bertz CT molecular complexity index is 657. The van der Waals surface area contributed by atoms with Crippen LogP contribution in [-0.4, -0.2) is 55.2 Å². The summed E-state index contributed by atoms with van der Waals surface area (Å²) in [6.07, 6.45) is 1.46. The number of piperazine rings is 1. The number of hydrogen-bond donors (Lipinski definition) is 1. The summed E-state index contributed by atoms with van der Waals surface area (Å²) in [6.45, 7) is 5.17. The number of sulfonamides is 1. The van der Waals surface area contributed by atoms with Gasteiger partial charge in [-0.2, -0.15) is 4.31 Å². The highest BCUT2D eigenvalue weighted by molar-refractivity contribution is 7.88. The highest BCUT2D eigenvalue weighted by Gasteiger charge is 2.35. The molecule has 25 heavy (non-hydrogen) atoms. The molecule has 1 atom stereocenters. The van der Waals surface area contributed by atoms with E-state index in [9.17, 15) is 13.2 Å². The van der Waals surface area contributed by atoms with E-state index in [-0.39, 0.29) is 24.1 Å². The molecule has 1 aromatic rings. The lowest BCUT2D eigenvalue weighted by atomic mass is 9.95. The number of halogens is 1. The maximum atomic E-state index is 12.5. The van der Waals surface area contributed by atoms with Crippen LogP contribution in [-0.2, 0) is 20.6 Å². The molecular weight excluding hydrogens is 362 g/mol. The summed E-state index contributed by atoms with van der Waals surface area (Å²) in [5, 5.41) is 0. The van der Waals surface area contributed by atoms with Crippen molar-refractivity contribution >= 4 is 28.3 Å². The van der Waals surface area contributed by atoms with E-state index in [0.29, 0.717) is 32.6 Å². The van der Waals surface area contributed by atoms with Gasteiger partial charge in [0.15, 0.2) is 0 Å². The summed E-state index contributed by atoms with van der Waals surface area (Å²) >= 11 is 0. The first-order valence-electron chi connectivity index (χ1n) is 8.36. The Morgan fingerprint density at radius 3 is 2.24 bits per heavy atom. The van der Waals surface area contributed by atoms with Gasteiger partial charge in [0.05, 0.1) is 11.3 Å². The third kappa shape index (κ3) is 5.67. The van der Waals surface area contributed by atoms with Gasteiger partial charge in [0.2, 0.25) is 15.9 Å². The van der Waals surface area contributed by atoms with Crippen LogP contribution in [0.2, 0.25) is 0 Å². The van der Waals surface area contributed by atoms with E-state index < -0.39 is 15.6 Å². The van der Waals surface area contributed by atoms with Crippen molar-refractivity contribution in [1.29, 1.82) is 0 Å². The van der Waals surface area contributed by atoms with E-state index >= 15 is 0 Å². The third-order valence-corrected chi connectivity index (χ3v) is 6.22. The Labute approximate surface area is 156 Å². The molecule has 0 aliphatic carbocycles. The molecule has 1 saturated heterocycles. The molecule has 8 heteroatoms. The molecule has 2 rings (SSSR count). The zero-order valence-electron chi connectivity index (χ0n) is 14.8. The lowest BCUT2D eigenvalue weighted by molar-refractivity contribution is -0.137. The van der Waals surface area contributed by atoms with Gasteiger partial charge in [-0.3, -0.25) is 4.79 Å². The average Bonchev–Trinajstić information content (AvgIpc) is 2.55. The molecule has 0 spiro atoms. The van der Waals surface area contributed by atoms with E-state index in [4.69, 9.17) is 5.73 Å². The van der Waals surface area contributed by atoms with E-state index in [1.165, 1.54) is 4.31 Å². The van der Waals surface area contributed by atoms with Crippen LogP contribution in [0.15, 0.2) is 30.3 Å². The van der Waals surface area contributed by atoms with Crippen molar-refractivity contribution in [3.05, 3.63) is 35.9 Å². The van der Waals surface area contributed by atoms with Crippen LogP contribution in [0.5, 0.6) is 0 Å². The molecule has 0 radical (unpaired) electrons. The Hall–Kier alpha value is -1.15. The number of nitrogens with two attached hydrogens (primary N) is 1. The Balaban J connectivity index is 0.00000312. The van der Waals surface area contributed by atoms with Crippen LogP contribution < -0.4 is 5.73 Å². The van der Waals surface area contributed by atoms with Crippen LogP contribution in [0.4, 0.5) is 0 Å². The quantitative estimate of drug-likeness (QED) is 0.800. The van der Waals surface area contributed by atoms with Crippen molar-refractivity contribution in [1.82, 2.24) is 9.21 Å². The number of carbonyl (C=O) groups excluding carboxylic acids is 1. The standard InChI is InChI=1S/C17H27N3O3S.ClH/c1-3-9-17(2,18)16(21)19-10-12-20(13-11-19)24(22,23)14-15-7-5-4-6-8-15;/h4-8H,3,9-14,18H2,1-2H3;1H. The number of carbonyl (C=O) groups is 1. The molecule has 1 fully saturated rings. The maximum absolute atomic E-state index is 12.5. The van der Waals surface area contributed by atoms with E-state index in [0.717, 1.165) is 12.0 Å². The monoisotopic (exact) mass is 389 g/mol. The Morgan fingerprint density at radius 1 is 1.16 bits per heavy atom. The molecule has 1 amide bonds. The van der Waals surface area contributed by atoms with Gasteiger partial charge in [0.1, 0.15) is 0 Å². The minimum Gasteiger partial charge on any atom is -0.338 e. The molecule has 0 aromatic heterocycles. The lowest BCUT2D eigenvalue weighted by Gasteiger charge is -2.38. The predicted molar refractivity (Wildman–Crippen MR) is 102 cm³/mol. The Kier molecular flexibility index (Phi) is 7.87. The highest BCUT2D eigenvalue weighted by Crippen LogP contribution is 2.17. The molecule has 0 bridgehead atoms. The second-order valence-corrected chi connectivity index (χ2v) is 8.57. The second kappa shape index (κ2) is 8.98. The number of rotatable bonds is 6. The molecule has 0 saturated carbocycles. The van der Waals surface area contributed by atoms with Gasteiger partial charge in [0, 0.05) is 26.2 Å². The molecule has 1 aliphatic rings. The molecule has 2 N–H and O–H groups in total. The first-order chi connectivity index (χ1) is 11.3. The fourth-order valence-electron chi connectivity index (χ4n) is 3.03. The van der Waals surface area contributed by atoms with Gasteiger partial charge >= 0.3 is 0 Å². The minimum absolute atomic E-state index is 0. The fraction of sp³-hybridized carbons (Fsp3) is 0.588. The number of hydrogen-bond acceptors (Lipinski definition) is 4. The second-order valence-electron chi connectivity index (χ2n) is 6.60. The van der Waals surface area contributed by atoms with Crippen LogP contribution >= 0.6 is 12.4 Å². The van der Waals surface area contributed by atoms with Crippen molar-refractivity contribution in [3.8, 4) is 0 Å². The first-order valence-corrected chi connectivity index (χ1v) is 9.97. The van der Waals surface area contributed by atoms with Crippen molar-refractivity contribution in [2.75, 3.05) is 26.2 Å². The normalized spacial score (nSPS) is 18.3. The van der Waals surface area contributed by atoms with E-state index in [1.54, 1.807) is 11.8 Å². The van der Waals surface area contributed by atoms with Gasteiger partial charge in [-0.05, 0) is 18.9 Å². The summed E-state index contributed by atoms with van der Waals surface area (Å²) in [6, 6.07) is 9.14. The predicted octanol–water partition coefficient (Wildman–Crippen LogP) is 1.60. The lowest BCUT2D eigenvalue weighted by Crippen LogP contribution is -2.58. The SMILES string of the molecule is CCCC(C)(N)C(=O)N1CCN(S(=O)(=O)Cc2ccccc2)CC1.Cl. The number of amides is 1. The van der Waals surface area contributed by atoms with Crippen molar-refractivity contribution in [2.45, 2.75) is 38.0 Å². The topological polar surface area (TPSA) is 83.7 Å². The van der Waals surface area contributed by atoms with Gasteiger partial charge in [-0.25, -0.2) is 8.42 Å². The number of nitrogens with zero attached hydrogens (tertiary/aromatic N) is 2. The summed E-state index contributed by atoms with van der Waals surface area (Å²) in [4.78, 5) is 14.2. The van der Waals surface area contributed by atoms with Crippen LogP contribution in [0, 0.1) is 0 Å². The highest BCUT2D eigenvalue weighted by atomic mass is 35.5. The van der Waals surface area contributed by atoms with Crippen molar-refractivity contribution in [3.63, 3.8) is 0 Å². The van der Waals surface area contributed by atoms with Crippen molar-refractivity contribution in [2.24, 2.45) is 5.73 Å². The third-order valence-electron chi connectivity index (χ3n) is 4.37. The van der Waals surface area contributed by atoms with Crippen LogP contribution in [0.1, 0.15) is 32.3 Å². The minimum atomic E-state index is -3.37. The molecule has 1 heterocycles. The van der Waals surface area contributed by atoms with Crippen LogP contribution in [0.25, 0.3) is 0 Å². The van der Waals surface area contributed by atoms with Gasteiger partial charge in [-0.15, -0.1) is 12.4 Å². The zero-order chi connectivity index (χ0) is 17.8. The molecule has 1 aromatic carbocycles. The van der Waals surface area contributed by atoms with Gasteiger partial charge in [-0.1, -0.05) is 43.7 Å². The van der Waals surface area contributed by atoms with Gasteiger partial charge < -0.3 is 10.6 Å². The summed E-state index contributed by atoms with van der Waals surface area (Å²) in [5.41, 5.74) is 6.00. The molecule has 1 aliphatic heterocycles.